The summed E-state index contributed by atoms with van der Waals surface area (Å²) in [5.41, 5.74) is 6.78. The van der Waals surface area contributed by atoms with Crippen molar-refractivity contribution in [1.82, 2.24) is 4.98 Å². The number of nitrogens with two attached hydrogens (primary N) is 1. The quantitative estimate of drug-likeness (QED) is 0.761. The van der Waals surface area contributed by atoms with Gasteiger partial charge in [0.05, 0.1) is 17.8 Å². The Balaban J connectivity index is 2.56. The summed E-state index contributed by atoms with van der Waals surface area (Å²) in [6.45, 7) is 7.59. The smallest absolute Gasteiger partial charge is 0.119 e. The molecule has 0 aliphatic carbocycles. The molecule has 1 atom stereocenters. The number of hydrogen-bond donors (Lipinski definition) is 1. The summed E-state index contributed by atoms with van der Waals surface area (Å²) in [6.07, 6.45) is 1.94. The van der Waals surface area contributed by atoms with Gasteiger partial charge in [0.15, 0.2) is 0 Å². The fourth-order valence-corrected chi connectivity index (χ4v) is 2.00. The topological polar surface area (TPSA) is 48.1 Å². The molecule has 0 aromatic carbocycles. The van der Waals surface area contributed by atoms with E-state index in [0.717, 1.165) is 30.2 Å². The van der Waals surface area contributed by atoms with Gasteiger partial charge >= 0.3 is 0 Å². The van der Waals surface area contributed by atoms with Crippen molar-refractivity contribution in [2.75, 3.05) is 6.61 Å². The van der Waals surface area contributed by atoms with E-state index < -0.39 is 0 Å². The molecule has 0 fully saturated rings. The van der Waals surface area contributed by atoms with E-state index in [0.29, 0.717) is 6.61 Å². The van der Waals surface area contributed by atoms with Crippen LogP contribution in [0.5, 0.6) is 0 Å². The van der Waals surface area contributed by atoms with Gasteiger partial charge in [0.25, 0.3) is 0 Å². The standard InChI is InChI=1S/C11H20N2OS/c1-4-6-14-7-10-13-9(8-15-10)11(3,12)5-2/h8H,4-7,12H2,1-3H3. The zero-order valence-corrected chi connectivity index (χ0v) is 10.6. The lowest BCUT2D eigenvalue weighted by Gasteiger charge is -2.19. The van der Waals surface area contributed by atoms with E-state index in [1.807, 2.05) is 12.3 Å². The molecule has 4 heteroatoms. The lowest BCUT2D eigenvalue weighted by atomic mass is 9.97. The maximum atomic E-state index is 6.11. The van der Waals surface area contributed by atoms with Crippen molar-refractivity contribution < 1.29 is 4.74 Å². The number of hydrogen-bond acceptors (Lipinski definition) is 4. The van der Waals surface area contributed by atoms with Crippen molar-refractivity contribution in [3.63, 3.8) is 0 Å². The van der Waals surface area contributed by atoms with Gasteiger partial charge < -0.3 is 10.5 Å². The molecule has 0 saturated heterocycles. The maximum Gasteiger partial charge on any atom is 0.119 e. The molecule has 0 aliphatic heterocycles. The molecule has 2 N–H and O–H groups in total. The molecule has 1 aromatic heterocycles. The van der Waals surface area contributed by atoms with Crippen LogP contribution in [-0.2, 0) is 16.9 Å². The second-order valence-corrected chi connectivity index (χ2v) is 4.89. The maximum absolute atomic E-state index is 6.11. The van der Waals surface area contributed by atoms with Crippen molar-refractivity contribution in [3.05, 3.63) is 16.1 Å². The number of thiazole rings is 1. The molecule has 1 heterocycles. The van der Waals surface area contributed by atoms with Gasteiger partial charge in [-0.05, 0) is 19.8 Å². The van der Waals surface area contributed by atoms with Crippen LogP contribution in [0.15, 0.2) is 5.38 Å². The fraction of sp³-hybridized carbons (Fsp3) is 0.727. The van der Waals surface area contributed by atoms with Gasteiger partial charge in [-0.1, -0.05) is 13.8 Å². The zero-order chi connectivity index (χ0) is 11.3. The highest BCUT2D eigenvalue weighted by atomic mass is 32.1. The van der Waals surface area contributed by atoms with Gasteiger partial charge in [0.1, 0.15) is 5.01 Å². The van der Waals surface area contributed by atoms with Gasteiger partial charge in [-0.3, -0.25) is 0 Å². The normalized spacial score (nSPS) is 15.2. The van der Waals surface area contributed by atoms with Gasteiger partial charge in [-0.25, -0.2) is 4.98 Å². The Morgan fingerprint density at radius 3 is 2.87 bits per heavy atom. The predicted molar refractivity (Wildman–Crippen MR) is 63.9 cm³/mol. The lowest BCUT2D eigenvalue weighted by molar-refractivity contribution is 0.121. The van der Waals surface area contributed by atoms with Crippen molar-refractivity contribution >= 4 is 11.3 Å². The number of ether oxygens (including phenoxy) is 1. The Bertz CT molecular complexity index is 297. The molecule has 1 unspecified atom stereocenters. The van der Waals surface area contributed by atoms with Crippen molar-refractivity contribution in [2.24, 2.45) is 5.73 Å². The highest BCUT2D eigenvalue weighted by molar-refractivity contribution is 7.09. The molecule has 0 saturated carbocycles. The molecule has 0 bridgehead atoms. The van der Waals surface area contributed by atoms with Crippen molar-refractivity contribution in [3.8, 4) is 0 Å². The summed E-state index contributed by atoms with van der Waals surface area (Å²) < 4.78 is 5.44. The molecular formula is C11H20N2OS. The lowest BCUT2D eigenvalue weighted by Crippen LogP contribution is -2.32. The molecule has 3 nitrogen and oxygen atoms in total. The number of rotatable bonds is 6. The molecule has 0 aliphatic rings. The third-order valence-electron chi connectivity index (χ3n) is 2.45. The van der Waals surface area contributed by atoms with Gasteiger partial charge in [0.2, 0.25) is 0 Å². The minimum atomic E-state index is -0.306. The largest absolute Gasteiger partial charge is 0.374 e. The molecule has 0 radical (unpaired) electrons. The first-order valence-corrected chi connectivity index (χ1v) is 6.29. The highest BCUT2D eigenvalue weighted by Gasteiger charge is 2.21. The molecule has 86 valence electrons. The van der Waals surface area contributed by atoms with E-state index in [1.165, 1.54) is 0 Å². The Labute approximate surface area is 95.7 Å². The average molecular weight is 228 g/mol. The Morgan fingerprint density at radius 1 is 1.53 bits per heavy atom. The summed E-state index contributed by atoms with van der Waals surface area (Å²) in [5.74, 6) is 0. The third-order valence-corrected chi connectivity index (χ3v) is 3.27. The summed E-state index contributed by atoms with van der Waals surface area (Å²) in [6, 6.07) is 0. The first-order chi connectivity index (χ1) is 7.10. The van der Waals surface area contributed by atoms with Crippen LogP contribution < -0.4 is 5.73 Å². The second-order valence-electron chi connectivity index (χ2n) is 3.95. The van der Waals surface area contributed by atoms with E-state index >= 15 is 0 Å². The first-order valence-electron chi connectivity index (χ1n) is 5.41. The van der Waals surface area contributed by atoms with Crippen LogP contribution in [0.2, 0.25) is 0 Å². The summed E-state index contributed by atoms with van der Waals surface area (Å²) >= 11 is 1.63. The average Bonchev–Trinajstić information content (AvgIpc) is 2.68. The molecule has 0 amide bonds. The van der Waals surface area contributed by atoms with Crippen LogP contribution in [0.3, 0.4) is 0 Å². The Morgan fingerprint density at radius 2 is 2.27 bits per heavy atom. The van der Waals surface area contributed by atoms with Crippen molar-refractivity contribution in [2.45, 2.75) is 45.8 Å². The van der Waals surface area contributed by atoms with Crippen LogP contribution in [-0.4, -0.2) is 11.6 Å². The number of aromatic nitrogens is 1. The van der Waals surface area contributed by atoms with Crippen LogP contribution in [0.25, 0.3) is 0 Å². The van der Waals surface area contributed by atoms with Crippen LogP contribution in [0.1, 0.15) is 44.3 Å². The van der Waals surface area contributed by atoms with Crippen LogP contribution >= 0.6 is 11.3 Å². The summed E-state index contributed by atoms with van der Waals surface area (Å²) in [7, 11) is 0. The van der Waals surface area contributed by atoms with Crippen molar-refractivity contribution in [1.29, 1.82) is 0 Å². The fourth-order valence-electron chi connectivity index (χ4n) is 1.12. The predicted octanol–water partition coefficient (Wildman–Crippen LogP) is 2.65. The summed E-state index contributed by atoms with van der Waals surface area (Å²) in [5, 5.41) is 3.05. The van der Waals surface area contributed by atoms with E-state index in [1.54, 1.807) is 11.3 Å². The van der Waals surface area contributed by atoms with E-state index in [-0.39, 0.29) is 5.54 Å². The van der Waals surface area contributed by atoms with E-state index in [9.17, 15) is 0 Å². The molecule has 1 rings (SSSR count). The van der Waals surface area contributed by atoms with Crippen LogP contribution in [0, 0.1) is 0 Å². The molecule has 1 aromatic rings. The second kappa shape index (κ2) is 5.58. The van der Waals surface area contributed by atoms with E-state index in [4.69, 9.17) is 10.5 Å². The van der Waals surface area contributed by atoms with Crippen LogP contribution in [0.4, 0.5) is 0 Å². The van der Waals surface area contributed by atoms with Gasteiger partial charge in [0, 0.05) is 12.0 Å². The molecule has 0 spiro atoms. The minimum absolute atomic E-state index is 0.306. The molecular weight excluding hydrogens is 208 g/mol. The van der Waals surface area contributed by atoms with Gasteiger partial charge in [-0.15, -0.1) is 11.3 Å². The van der Waals surface area contributed by atoms with Gasteiger partial charge in [-0.2, -0.15) is 0 Å². The van der Waals surface area contributed by atoms with E-state index in [2.05, 4.69) is 18.8 Å². The monoisotopic (exact) mass is 228 g/mol. The Kier molecular flexibility index (Phi) is 4.70. The molecule has 15 heavy (non-hydrogen) atoms. The highest BCUT2D eigenvalue weighted by Crippen LogP contribution is 2.23. The first kappa shape index (κ1) is 12.6. The minimum Gasteiger partial charge on any atom is -0.374 e. The SMILES string of the molecule is CCCOCc1nc(C(C)(N)CC)cs1. The number of nitrogens with zero attached hydrogens (tertiary/aromatic N) is 1. The zero-order valence-electron chi connectivity index (χ0n) is 9.75. The third kappa shape index (κ3) is 3.55. The Hall–Kier alpha value is -0.450. The summed E-state index contributed by atoms with van der Waals surface area (Å²) in [4.78, 5) is 4.49.